The summed E-state index contributed by atoms with van der Waals surface area (Å²) >= 11 is 8.80. The van der Waals surface area contributed by atoms with Gasteiger partial charge in [-0.05, 0) is 46.3 Å². The number of sulfonamides is 1. The molecule has 0 fully saturated rings. The van der Waals surface area contributed by atoms with Crippen LogP contribution >= 0.6 is 27.5 Å². The number of nitrogen functional groups attached to an aromatic ring is 1. The summed E-state index contributed by atoms with van der Waals surface area (Å²) < 4.78 is 53.1. The van der Waals surface area contributed by atoms with Crippen molar-refractivity contribution >= 4 is 48.9 Å². The van der Waals surface area contributed by atoms with Gasteiger partial charge in [0.1, 0.15) is 11.6 Å². The van der Waals surface area contributed by atoms with Crippen LogP contribution in [0.25, 0.3) is 0 Å². The summed E-state index contributed by atoms with van der Waals surface area (Å²) in [6, 6.07) is 5.06. The number of anilines is 2. The van der Waals surface area contributed by atoms with Gasteiger partial charge in [0.2, 0.25) is 0 Å². The highest BCUT2D eigenvalue weighted by Gasteiger charge is 2.19. The van der Waals surface area contributed by atoms with E-state index in [9.17, 15) is 17.2 Å². The second kappa shape index (κ2) is 5.78. The van der Waals surface area contributed by atoms with Crippen molar-refractivity contribution in [1.82, 2.24) is 0 Å². The van der Waals surface area contributed by atoms with Crippen LogP contribution in [0.15, 0.2) is 39.7 Å². The Labute approximate surface area is 133 Å². The lowest BCUT2D eigenvalue weighted by Gasteiger charge is -2.12. The molecule has 0 aliphatic heterocycles. The standard InChI is InChI=1S/C12H8BrClF2N2O2S/c13-8-3-6(15)4-9(14)12(8)18-21(19,20)7-1-2-11(17)10(16)5-7/h1-5,18H,17H2. The van der Waals surface area contributed by atoms with Gasteiger partial charge in [-0.2, -0.15) is 0 Å². The normalized spacial score (nSPS) is 11.4. The zero-order valence-corrected chi connectivity index (χ0v) is 13.4. The van der Waals surface area contributed by atoms with Crippen LogP contribution in [0.5, 0.6) is 0 Å². The first-order valence-corrected chi connectivity index (χ1v) is 8.08. The molecule has 0 aliphatic rings. The average molecular weight is 398 g/mol. The Morgan fingerprint density at radius 1 is 1.19 bits per heavy atom. The summed E-state index contributed by atoms with van der Waals surface area (Å²) in [6.45, 7) is 0. The summed E-state index contributed by atoms with van der Waals surface area (Å²) in [5.74, 6) is -1.49. The van der Waals surface area contributed by atoms with Crippen LogP contribution in [0.4, 0.5) is 20.2 Å². The summed E-state index contributed by atoms with van der Waals surface area (Å²) in [7, 11) is -4.09. The van der Waals surface area contributed by atoms with Crippen LogP contribution in [-0.2, 0) is 10.0 Å². The predicted molar refractivity (Wildman–Crippen MR) is 80.7 cm³/mol. The number of halogens is 4. The zero-order valence-electron chi connectivity index (χ0n) is 10.2. The highest BCUT2D eigenvalue weighted by atomic mass is 79.9. The first-order valence-electron chi connectivity index (χ1n) is 5.43. The number of hydrogen-bond donors (Lipinski definition) is 2. The van der Waals surface area contributed by atoms with Crippen LogP contribution < -0.4 is 10.5 Å². The Bertz CT molecular complexity index is 792. The van der Waals surface area contributed by atoms with E-state index >= 15 is 0 Å². The largest absolute Gasteiger partial charge is 0.396 e. The summed E-state index contributed by atoms with van der Waals surface area (Å²) in [6.07, 6.45) is 0. The van der Waals surface area contributed by atoms with Crippen LogP contribution in [-0.4, -0.2) is 8.42 Å². The Morgan fingerprint density at radius 2 is 1.86 bits per heavy atom. The van der Waals surface area contributed by atoms with E-state index < -0.39 is 21.7 Å². The second-order valence-corrected chi connectivity index (χ2v) is 6.98. The topological polar surface area (TPSA) is 72.2 Å². The predicted octanol–water partition coefficient (Wildman–Crippen LogP) is 3.76. The van der Waals surface area contributed by atoms with Crippen LogP contribution in [0.1, 0.15) is 0 Å². The summed E-state index contributed by atoms with van der Waals surface area (Å²) in [4.78, 5) is -0.332. The number of nitrogens with two attached hydrogens (primary N) is 1. The van der Waals surface area contributed by atoms with Gasteiger partial charge < -0.3 is 5.73 Å². The summed E-state index contributed by atoms with van der Waals surface area (Å²) in [5, 5.41) is -0.138. The van der Waals surface area contributed by atoms with E-state index in [1.165, 1.54) is 0 Å². The molecule has 112 valence electrons. The van der Waals surface area contributed by atoms with E-state index in [-0.39, 0.29) is 25.8 Å². The highest BCUT2D eigenvalue weighted by Crippen LogP contribution is 2.33. The molecule has 0 saturated heterocycles. The highest BCUT2D eigenvalue weighted by molar-refractivity contribution is 9.10. The van der Waals surface area contributed by atoms with Gasteiger partial charge >= 0.3 is 0 Å². The Morgan fingerprint density at radius 3 is 2.43 bits per heavy atom. The molecule has 2 aromatic carbocycles. The van der Waals surface area contributed by atoms with Gasteiger partial charge in [-0.3, -0.25) is 4.72 Å². The molecule has 0 radical (unpaired) electrons. The molecule has 2 rings (SSSR count). The molecular weight excluding hydrogens is 390 g/mol. The first kappa shape index (κ1) is 16.0. The van der Waals surface area contributed by atoms with E-state index in [4.69, 9.17) is 17.3 Å². The SMILES string of the molecule is Nc1ccc(S(=O)(=O)Nc2c(Cl)cc(F)cc2Br)cc1F. The Balaban J connectivity index is 2.44. The maximum Gasteiger partial charge on any atom is 0.262 e. The van der Waals surface area contributed by atoms with Crippen molar-refractivity contribution in [3.8, 4) is 0 Å². The van der Waals surface area contributed by atoms with E-state index in [1.54, 1.807) is 0 Å². The third-order valence-corrected chi connectivity index (χ3v) is 4.80. The zero-order chi connectivity index (χ0) is 15.8. The van der Waals surface area contributed by atoms with Gasteiger partial charge in [0.25, 0.3) is 10.0 Å². The molecule has 2 aromatic rings. The molecule has 4 nitrogen and oxygen atoms in total. The van der Waals surface area contributed by atoms with Crippen molar-refractivity contribution in [2.75, 3.05) is 10.5 Å². The monoisotopic (exact) mass is 396 g/mol. The van der Waals surface area contributed by atoms with Gasteiger partial charge in [0.15, 0.2) is 0 Å². The molecule has 0 aromatic heterocycles. The van der Waals surface area contributed by atoms with Gasteiger partial charge in [0, 0.05) is 4.47 Å². The van der Waals surface area contributed by atoms with Gasteiger partial charge in [-0.15, -0.1) is 0 Å². The fourth-order valence-corrected chi connectivity index (χ4v) is 3.71. The molecule has 0 aliphatic carbocycles. The molecule has 0 unspecified atom stereocenters. The first-order chi connectivity index (χ1) is 9.70. The molecule has 0 atom stereocenters. The smallest absolute Gasteiger partial charge is 0.262 e. The van der Waals surface area contributed by atoms with Crippen LogP contribution in [0, 0.1) is 11.6 Å². The second-order valence-electron chi connectivity index (χ2n) is 4.03. The van der Waals surface area contributed by atoms with E-state index in [2.05, 4.69) is 20.7 Å². The number of benzene rings is 2. The lowest BCUT2D eigenvalue weighted by molar-refractivity contribution is 0.596. The third-order valence-electron chi connectivity index (χ3n) is 2.53. The molecule has 0 bridgehead atoms. The number of nitrogens with one attached hydrogen (secondary N) is 1. The van der Waals surface area contributed by atoms with Crippen molar-refractivity contribution in [2.45, 2.75) is 4.90 Å². The fraction of sp³-hybridized carbons (Fsp3) is 0. The number of rotatable bonds is 3. The Hall–Kier alpha value is -1.38. The van der Waals surface area contributed by atoms with Crippen LogP contribution in [0.2, 0.25) is 5.02 Å². The van der Waals surface area contributed by atoms with Crippen molar-refractivity contribution in [3.63, 3.8) is 0 Å². The van der Waals surface area contributed by atoms with Gasteiger partial charge in [-0.1, -0.05) is 11.6 Å². The number of hydrogen-bond acceptors (Lipinski definition) is 3. The average Bonchev–Trinajstić information content (AvgIpc) is 2.37. The quantitative estimate of drug-likeness (QED) is 0.775. The van der Waals surface area contributed by atoms with E-state index in [0.29, 0.717) is 0 Å². The lowest BCUT2D eigenvalue weighted by Crippen LogP contribution is -2.14. The Kier molecular flexibility index (Phi) is 4.40. The maximum atomic E-state index is 13.4. The van der Waals surface area contributed by atoms with Crippen molar-refractivity contribution in [1.29, 1.82) is 0 Å². The van der Waals surface area contributed by atoms with E-state index in [0.717, 1.165) is 30.3 Å². The molecule has 9 heteroatoms. The van der Waals surface area contributed by atoms with Gasteiger partial charge in [-0.25, -0.2) is 17.2 Å². The molecule has 21 heavy (non-hydrogen) atoms. The lowest BCUT2D eigenvalue weighted by atomic mass is 10.3. The molecule has 0 saturated carbocycles. The minimum Gasteiger partial charge on any atom is -0.396 e. The third kappa shape index (κ3) is 3.45. The molecule has 3 N–H and O–H groups in total. The van der Waals surface area contributed by atoms with Gasteiger partial charge in [0.05, 0.1) is 21.3 Å². The molecular formula is C12H8BrClF2N2O2S. The fourth-order valence-electron chi connectivity index (χ4n) is 1.51. The molecule has 0 amide bonds. The minimum atomic E-state index is -4.09. The minimum absolute atomic E-state index is 0.0460. The summed E-state index contributed by atoms with van der Waals surface area (Å²) in [5.41, 5.74) is 5.07. The van der Waals surface area contributed by atoms with Crippen LogP contribution in [0.3, 0.4) is 0 Å². The van der Waals surface area contributed by atoms with Crippen molar-refractivity contribution in [3.05, 3.63) is 51.5 Å². The maximum absolute atomic E-state index is 13.4. The van der Waals surface area contributed by atoms with E-state index in [1.807, 2.05) is 0 Å². The van der Waals surface area contributed by atoms with Crippen molar-refractivity contribution < 1.29 is 17.2 Å². The van der Waals surface area contributed by atoms with Crippen molar-refractivity contribution in [2.24, 2.45) is 0 Å². The molecule has 0 heterocycles. The molecule has 0 spiro atoms.